The van der Waals surface area contributed by atoms with Crippen LogP contribution in [-0.4, -0.2) is 31.6 Å². The van der Waals surface area contributed by atoms with Crippen LogP contribution in [0.15, 0.2) is 12.2 Å². The van der Waals surface area contributed by atoms with E-state index < -0.39 is 11.8 Å². The molecule has 1 rings (SSSR count). The molecule has 0 saturated carbocycles. The number of ether oxygens (including phenoxy) is 3. The van der Waals surface area contributed by atoms with Crippen molar-refractivity contribution in [3.8, 4) is 0 Å². The van der Waals surface area contributed by atoms with Crippen molar-refractivity contribution in [2.45, 2.75) is 25.7 Å². The summed E-state index contributed by atoms with van der Waals surface area (Å²) in [6.07, 6.45) is -0.152. The van der Waals surface area contributed by atoms with Gasteiger partial charge in [0, 0.05) is 19.6 Å². The second-order valence-electron chi connectivity index (χ2n) is 3.21. The molecule has 1 fully saturated rings. The Labute approximate surface area is 77.5 Å². The largest absolute Gasteiger partial charge is 0.427 e. The van der Waals surface area contributed by atoms with E-state index in [4.69, 9.17) is 14.2 Å². The van der Waals surface area contributed by atoms with Gasteiger partial charge in [0.1, 0.15) is 6.10 Å². The first kappa shape index (κ1) is 10.2. The molecule has 0 aliphatic carbocycles. The monoisotopic (exact) mass is 186 g/mol. The van der Waals surface area contributed by atoms with Gasteiger partial charge in [-0.3, -0.25) is 0 Å². The molecule has 0 aromatic rings. The van der Waals surface area contributed by atoms with Crippen molar-refractivity contribution in [2.24, 2.45) is 0 Å². The van der Waals surface area contributed by atoms with Gasteiger partial charge >= 0.3 is 5.97 Å². The lowest BCUT2D eigenvalue weighted by Crippen LogP contribution is -2.39. The van der Waals surface area contributed by atoms with Gasteiger partial charge in [-0.05, 0) is 6.92 Å². The first-order chi connectivity index (χ1) is 5.99. The van der Waals surface area contributed by atoms with Crippen molar-refractivity contribution in [1.29, 1.82) is 0 Å². The van der Waals surface area contributed by atoms with Crippen molar-refractivity contribution in [3.05, 3.63) is 12.2 Å². The van der Waals surface area contributed by atoms with Crippen LogP contribution in [0.5, 0.6) is 0 Å². The zero-order valence-electron chi connectivity index (χ0n) is 8.12. The molecule has 4 nitrogen and oxygen atoms in total. The number of hydrogen-bond donors (Lipinski definition) is 0. The summed E-state index contributed by atoms with van der Waals surface area (Å²) in [5.41, 5.74) is 0.351. The predicted molar refractivity (Wildman–Crippen MR) is 46.1 cm³/mol. The maximum atomic E-state index is 11.2. The summed E-state index contributed by atoms with van der Waals surface area (Å²) >= 11 is 0. The van der Waals surface area contributed by atoms with Gasteiger partial charge < -0.3 is 14.2 Å². The van der Waals surface area contributed by atoms with E-state index >= 15 is 0 Å². The Kier molecular flexibility index (Phi) is 2.73. The molecule has 1 aliphatic rings. The van der Waals surface area contributed by atoms with E-state index in [1.165, 1.54) is 7.11 Å². The van der Waals surface area contributed by atoms with E-state index in [-0.39, 0.29) is 6.10 Å². The lowest BCUT2D eigenvalue weighted by Gasteiger charge is -2.25. The average Bonchev–Trinajstić information content (AvgIpc) is 2.86. The SMILES string of the molecule is C=C(C)C(=O)OC(C)(OC)C1CO1. The number of hydrogen-bond acceptors (Lipinski definition) is 4. The minimum absolute atomic E-state index is 0.152. The second kappa shape index (κ2) is 3.47. The van der Waals surface area contributed by atoms with E-state index in [2.05, 4.69) is 6.58 Å². The summed E-state index contributed by atoms with van der Waals surface area (Å²) in [6, 6.07) is 0. The fourth-order valence-corrected chi connectivity index (χ4v) is 0.861. The lowest BCUT2D eigenvalue weighted by molar-refractivity contribution is -0.217. The Morgan fingerprint density at radius 1 is 1.69 bits per heavy atom. The first-order valence-electron chi connectivity index (χ1n) is 4.05. The minimum atomic E-state index is -0.976. The molecule has 4 heteroatoms. The van der Waals surface area contributed by atoms with Crippen molar-refractivity contribution in [1.82, 2.24) is 0 Å². The summed E-state index contributed by atoms with van der Waals surface area (Å²) in [7, 11) is 1.48. The third-order valence-electron chi connectivity index (χ3n) is 1.97. The molecule has 0 aromatic heterocycles. The molecule has 1 saturated heterocycles. The molecule has 2 atom stereocenters. The summed E-state index contributed by atoms with van der Waals surface area (Å²) in [6.45, 7) is 7.31. The Hall–Kier alpha value is -0.870. The molecule has 0 bridgehead atoms. The van der Waals surface area contributed by atoms with Gasteiger partial charge in [0.25, 0.3) is 0 Å². The van der Waals surface area contributed by atoms with Crippen molar-refractivity contribution in [3.63, 3.8) is 0 Å². The van der Waals surface area contributed by atoms with Crippen LogP contribution < -0.4 is 0 Å². The maximum absolute atomic E-state index is 11.2. The maximum Gasteiger partial charge on any atom is 0.335 e. The Balaban J connectivity index is 2.57. The van der Waals surface area contributed by atoms with E-state index in [0.717, 1.165) is 0 Å². The molecule has 74 valence electrons. The van der Waals surface area contributed by atoms with E-state index in [0.29, 0.717) is 12.2 Å². The van der Waals surface area contributed by atoms with Crippen LogP contribution in [0.2, 0.25) is 0 Å². The molecule has 0 spiro atoms. The van der Waals surface area contributed by atoms with Crippen LogP contribution in [0.25, 0.3) is 0 Å². The van der Waals surface area contributed by atoms with Crippen LogP contribution in [0, 0.1) is 0 Å². The smallest absolute Gasteiger partial charge is 0.335 e. The first-order valence-corrected chi connectivity index (χ1v) is 4.05. The molecule has 0 aromatic carbocycles. The van der Waals surface area contributed by atoms with Gasteiger partial charge in [0.2, 0.25) is 5.79 Å². The van der Waals surface area contributed by atoms with E-state index in [1.54, 1.807) is 13.8 Å². The quantitative estimate of drug-likeness (QED) is 0.283. The molecule has 0 amide bonds. The molecule has 1 heterocycles. The van der Waals surface area contributed by atoms with Gasteiger partial charge in [0.05, 0.1) is 6.61 Å². The highest BCUT2D eigenvalue weighted by atomic mass is 16.7. The lowest BCUT2D eigenvalue weighted by atomic mass is 10.2. The molecule has 1 aliphatic heterocycles. The highest BCUT2D eigenvalue weighted by molar-refractivity contribution is 5.87. The number of carbonyl (C=O) groups is 1. The zero-order chi connectivity index (χ0) is 10.1. The van der Waals surface area contributed by atoms with Crippen molar-refractivity contribution < 1.29 is 19.0 Å². The summed E-state index contributed by atoms with van der Waals surface area (Å²) in [5, 5.41) is 0. The number of esters is 1. The molecular formula is C9H14O4. The Morgan fingerprint density at radius 2 is 2.23 bits per heavy atom. The molecule has 0 radical (unpaired) electrons. The Bertz CT molecular complexity index is 232. The summed E-state index contributed by atoms with van der Waals surface area (Å²) in [5.74, 6) is -1.43. The number of methoxy groups -OCH3 is 1. The molecule has 2 unspecified atom stereocenters. The summed E-state index contributed by atoms with van der Waals surface area (Å²) in [4.78, 5) is 11.2. The van der Waals surface area contributed by atoms with Crippen LogP contribution in [0.3, 0.4) is 0 Å². The number of epoxide rings is 1. The van der Waals surface area contributed by atoms with Crippen LogP contribution >= 0.6 is 0 Å². The normalized spacial score (nSPS) is 24.7. The Morgan fingerprint density at radius 3 is 2.54 bits per heavy atom. The molecule has 13 heavy (non-hydrogen) atoms. The van der Waals surface area contributed by atoms with Gasteiger partial charge in [-0.25, -0.2) is 4.79 Å². The fourth-order valence-electron chi connectivity index (χ4n) is 0.861. The van der Waals surface area contributed by atoms with Crippen LogP contribution in [0.1, 0.15) is 13.8 Å². The fraction of sp³-hybridized carbons (Fsp3) is 0.667. The van der Waals surface area contributed by atoms with Crippen LogP contribution in [0.4, 0.5) is 0 Å². The average molecular weight is 186 g/mol. The highest BCUT2D eigenvalue weighted by Gasteiger charge is 2.47. The van der Waals surface area contributed by atoms with Crippen molar-refractivity contribution in [2.75, 3.05) is 13.7 Å². The third kappa shape index (κ3) is 2.29. The molecular weight excluding hydrogens is 172 g/mol. The minimum Gasteiger partial charge on any atom is -0.427 e. The van der Waals surface area contributed by atoms with Crippen molar-refractivity contribution >= 4 is 5.97 Å². The van der Waals surface area contributed by atoms with Gasteiger partial charge in [-0.15, -0.1) is 0 Å². The van der Waals surface area contributed by atoms with Gasteiger partial charge in [0.15, 0.2) is 0 Å². The van der Waals surface area contributed by atoms with E-state index in [9.17, 15) is 4.79 Å². The predicted octanol–water partition coefficient (Wildman–Crippen LogP) is 0.867. The highest BCUT2D eigenvalue weighted by Crippen LogP contribution is 2.29. The van der Waals surface area contributed by atoms with E-state index in [1.807, 2.05) is 0 Å². The van der Waals surface area contributed by atoms with Gasteiger partial charge in [-0.2, -0.15) is 0 Å². The molecule has 0 N–H and O–H groups in total. The third-order valence-corrected chi connectivity index (χ3v) is 1.97. The van der Waals surface area contributed by atoms with Crippen LogP contribution in [-0.2, 0) is 19.0 Å². The standard InChI is InChI=1S/C9H14O4/c1-6(2)8(10)13-9(3,11-4)7-5-12-7/h7H,1,5H2,2-4H3. The summed E-state index contributed by atoms with van der Waals surface area (Å²) < 4.78 is 15.2. The second-order valence-corrected chi connectivity index (χ2v) is 3.21. The number of carbonyl (C=O) groups excluding carboxylic acids is 1. The zero-order valence-corrected chi connectivity index (χ0v) is 8.12. The number of rotatable bonds is 4. The van der Waals surface area contributed by atoms with Gasteiger partial charge in [-0.1, -0.05) is 6.58 Å². The topological polar surface area (TPSA) is 48.1 Å².